The largest absolute Gasteiger partial charge is 0.320 e. The maximum atomic E-state index is 13.6. The fourth-order valence-electron chi connectivity index (χ4n) is 1.31. The van der Waals surface area contributed by atoms with E-state index < -0.39 is 21.1 Å². The smallest absolute Gasteiger partial charge is 0.227 e. The van der Waals surface area contributed by atoms with E-state index in [1.54, 1.807) is 6.07 Å². The third kappa shape index (κ3) is 4.32. The fourth-order valence-corrected chi connectivity index (χ4v) is 2.06. The maximum absolute atomic E-state index is 13.6. The van der Waals surface area contributed by atoms with Crippen molar-refractivity contribution in [3.05, 3.63) is 35.1 Å². The molecule has 1 atom stereocenters. The first-order chi connectivity index (χ1) is 9.40. The van der Waals surface area contributed by atoms with Crippen LogP contribution in [-0.2, 0) is 16.6 Å². The van der Waals surface area contributed by atoms with E-state index in [0.717, 1.165) is 0 Å². The quantitative estimate of drug-likeness (QED) is 0.789. The van der Waals surface area contributed by atoms with E-state index >= 15 is 0 Å². The normalized spacial score (nSPS) is 12.1. The average Bonchev–Trinajstić information content (AvgIpc) is 2.44. The molecule has 0 saturated heterocycles. The molecule has 1 aromatic rings. The number of sulfonamides is 1. The van der Waals surface area contributed by atoms with Crippen molar-refractivity contribution in [1.29, 1.82) is 5.26 Å². The molecule has 0 spiro atoms. The second-order valence-electron chi connectivity index (χ2n) is 3.95. The lowest BCUT2D eigenvalue weighted by atomic mass is 10.1. The van der Waals surface area contributed by atoms with Gasteiger partial charge in [-0.15, -0.1) is 0 Å². The third-order valence-electron chi connectivity index (χ3n) is 2.49. The van der Waals surface area contributed by atoms with Gasteiger partial charge in [-0.3, -0.25) is 0 Å². The molecule has 3 N–H and O–H groups in total. The molecular formula is C13H14FN3O2S. The van der Waals surface area contributed by atoms with Gasteiger partial charge in [-0.05, 0) is 25.1 Å². The number of benzene rings is 1. The molecule has 1 unspecified atom stereocenters. The standard InChI is InChI=1S/C13H14FN3O2S/c1-10(8-16)20(18,19)17-9-12-7-11(3-2-6-15)4-5-13(12)14/h4-5,7,10,17H,6,9,15H2,1H3. The summed E-state index contributed by atoms with van der Waals surface area (Å²) in [4.78, 5) is 0. The first kappa shape index (κ1) is 16.1. The second kappa shape index (κ2) is 7.01. The highest BCUT2D eigenvalue weighted by Crippen LogP contribution is 2.11. The summed E-state index contributed by atoms with van der Waals surface area (Å²) in [5.41, 5.74) is 5.93. The van der Waals surface area contributed by atoms with Crippen molar-refractivity contribution in [2.24, 2.45) is 5.73 Å². The van der Waals surface area contributed by atoms with Crippen LogP contribution in [-0.4, -0.2) is 20.2 Å². The summed E-state index contributed by atoms with van der Waals surface area (Å²) >= 11 is 0. The van der Waals surface area contributed by atoms with Crippen molar-refractivity contribution in [1.82, 2.24) is 4.72 Å². The van der Waals surface area contributed by atoms with E-state index in [2.05, 4.69) is 16.6 Å². The highest BCUT2D eigenvalue weighted by molar-refractivity contribution is 7.90. The lowest BCUT2D eigenvalue weighted by molar-refractivity contribution is 0.570. The summed E-state index contributed by atoms with van der Waals surface area (Å²) in [5, 5.41) is 7.39. The Bertz CT molecular complexity index is 684. The number of rotatable bonds is 4. The Hall–Kier alpha value is -1.93. The summed E-state index contributed by atoms with van der Waals surface area (Å²) in [7, 11) is -3.79. The van der Waals surface area contributed by atoms with E-state index in [4.69, 9.17) is 11.0 Å². The fraction of sp³-hybridized carbons (Fsp3) is 0.308. The van der Waals surface area contributed by atoms with Gasteiger partial charge in [0, 0.05) is 17.7 Å². The predicted octanol–water partition coefficient (Wildman–Crippen LogP) is 0.467. The van der Waals surface area contributed by atoms with Gasteiger partial charge in [0.25, 0.3) is 0 Å². The van der Waals surface area contributed by atoms with Gasteiger partial charge < -0.3 is 5.73 Å². The molecule has 0 heterocycles. The van der Waals surface area contributed by atoms with Crippen molar-refractivity contribution < 1.29 is 12.8 Å². The maximum Gasteiger partial charge on any atom is 0.227 e. The van der Waals surface area contributed by atoms with Gasteiger partial charge in [0.2, 0.25) is 10.0 Å². The van der Waals surface area contributed by atoms with Crippen LogP contribution in [0.15, 0.2) is 18.2 Å². The molecule has 1 aromatic carbocycles. The van der Waals surface area contributed by atoms with Crippen molar-refractivity contribution in [3.63, 3.8) is 0 Å². The molecule has 0 saturated carbocycles. The Balaban J connectivity index is 2.91. The first-order valence-corrected chi connectivity index (χ1v) is 7.31. The van der Waals surface area contributed by atoms with Crippen LogP contribution >= 0.6 is 0 Å². The molecule has 0 fully saturated rings. The molecule has 20 heavy (non-hydrogen) atoms. The lowest BCUT2D eigenvalue weighted by Gasteiger charge is -2.09. The van der Waals surface area contributed by atoms with Crippen LogP contribution in [0.2, 0.25) is 0 Å². The molecule has 5 nitrogen and oxygen atoms in total. The van der Waals surface area contributed by atoms with Crippen molar-refractivity contribution in [2.75, 3.05) is 6.54 Å². The van der Waals surface area contributed by atoms with E-state index in [1.807, 2.05) is 0 Å². The van der Waals surface area contributed by atoms with Crippen LogP contribution in [0.3, 0.4) is 0 Å². The highest BCUT2D eigenvalue weighted by Gasteiger charge is 2.19. The highest BCUT2D eigenvalue weighted by atomic mass is 32.2. The van der Waals surface area contributed by atoms with E-state index in [0.29, 0.717) is 5.56 Å². The zero-order valence-corrected chi connectivity index (χ0v) is 11.7. The Morgan fingerprint density at radius 1 is 1.50 bits per heavy atom. The number of nitrogens with two attached hydrogens (primary N) is 1. The van der Waals surface area contributed by atoms with Gasteiger partial charge in [-0.2, -0.15) is 5.26 Å². The van der Waals surface area contributed by atoms with Crippen molar-refractivity contribution in [2.45, 2.75) is 18.7 Å². The van der Waals surface area contributed by atoms with Gasteiger partial charge >= 0.3 is 0 Å². The molecular weight excluding hydrogens is 281 g/mol. The molecule has 0 aliphatic heterocycles. The summed E-state index contributed by atoms with van der Waals surface area (Å²) in [6.45, 7) is 1.19. The second-order valence-corrected chi connectivity index (χ2v) is 6.04. The monoisotopic (exact) mass is 295 g/mol. The minimum absolute atomic E-state index is 0.155. The third-order valence-corrected chi connectivity index (χ3v) is 4.07. The zero-order chi connectivity index (χ0) is 15.2. The van der Waals surface area contributed by atoms with Gasteiger partial charge in [-0.1, -0.05) is 11.8 Å². The molecule has 0 bridgehead atoms. The minimum atomic E-state index is -3.79. The molecule has 0 aliphatic rings. The Labute approximate surface area is 117 Å². The first-order valence-electron chi connectivity index (χ1n) is 5.76. The number of nitriles is 1. The summed E-state index contributed by atoms with van der Waals surface area (Å²) in [6, 6.07) is 5.74. The minimum Gasteiger partial charge on any atom is -0.320 e. The van der Waals surface area contributed by atoms with E-state index in [-0.39, 0.29) is 18.7 Å². The molecule has 0 aromatic heterocycles. The molecule has 0 radical (unpaired) electrons. The van der Waals surface area contributed by atoms with Crippen molar-refractivity contribution in [3.8, 4) is 17.9 Å². The summed E-state index contributed by atoms with van der Waals surface area (Å²) < 4.78 is 39.0. The topological polar surface area (TPSA) is 96.0 Å². The van der Waals surface area contributed by atoms with Crippen molar-refractivity contribution >= 4 is 10.0 Å². The molecule has 7 heteroatoms. The van der Waals surface area contributed by atoms with Crippen LogP contribution in [0.25, 0.3) is 0 Å². The van der Waals surface area contributed by atoms with Gasteiger partial charge in [0.15, 0.2) is 5.25 Å². The SMILES string of the molecule is CC(C#N)S(=O)(=O)NCc1cc(C#CCN)ccc1F. The van der Waals surface area contributed by atoms with Crippen LogP contribution in [0.4, 0.5) is 4.39 Å². The Morgan fingerprint density at radius 3 is 2.80 bits per heavy atom. The van der Waals surface area contributed by atoms with Crippen LogP contribution in [0.1, 0.15) is 18.1 Å². The van der Waals surface area contributed by atoms with Gasteiger partial charge in [0.1, 0.15) is 5.82 Å². The van der Waals surface area contributed by atoms with Crippen LogP contribution in [0, 0.1) is 29.0 Å². The van der Waals surface area contributed by atoms with Gasteiger partial charge in [-0.25, -0.2) is 17.5 Å². The number of nitrogens with one attached hydrogen (secondary N) is 1. The average molecular weight is 295 g/mol. The number of nitrogens with zero attached hydrogens (tertiary/aromatic N) is 1. The molecule has 1 rings (SSSR count). The van der Waals surface area contributed by atoms with Gasteiger partial charge in [0.05, 0.1) is 12.6 Å². The molecule has 0 amide bonds. The Morgan fingerprint density at radius 2 is 2.20 bits per heavy atom. The summed E-state index contributed by atoms with van der Waals surface area (Å²) in [5.74, 6) is 4.81. The number of halogens is 1. The zero-order valence-electron chi connectivity index (χ0n) is 10.9. The lowest BCUT2D eigenvalue weighted by Crippen LogP contribution is -2.31. The number of hydrogen-bond acceptors (Lipinski definition) is 4. The van der Waals surface area contributed by atoms with E-state index in [9.17, 15) is 12.8 Å². The predicted molar refractivity (Wildman–Crippen MR) is 73.2 cm³/mol. The number of hydrogen-bond donors (Lipinski definition) is 2. The van der Waals surface area contributed by atoms with E-state index in [1.165, 1.54) is 25.1 Å². The Kier molecular flexibility index (Phi) is 5.66. The van der Waals surface area contributed by atoms with Crippen LogP contribution < -0.4 is 10.5 Å². The molecule has 0 aliphatic carbocycles. The van der Waals surface area contributed by atoms with Crippen LogP contribution in [0.5, 0.6) is 0 Å². The summed E-state index contributed by atoms with van der Waals surface area (Å²) in [6.07, 6.45) is 0. The molecule has 106 valence electrons.